The van der Waals surface area contributed by atoms with Crippen LogP contribution in [-0.2, 0) is 33.2 Å². The van der Waals surface area contributed by atoms with Crippen molar-refractivity contribution >= 4 is 5.97 Å². The molecule has 0 aliphatic carbocycles. The summed E-state index contributed by atoms with van der Waals surface area (Å²) in [5.41, 5.74) is 0. The summed E-state index contributed by atoms with van der Waals surface area (Å²) in [6.45, 7) is 3.61. The van der Waals surface area contributed by atoms with Crippen LogP contribution in [-0.4, -0.2) is 142 Å². The van der Waals surface area contributed by atoms with E-state index in [1.165, 1.54) is 89.9 Å². The molecule has 0 aromatic heterocycles. The monoisotopic (exact) mass is 903 g/mol. The van der Waals surface area contributed by atoms with Crippen molar-refractivity contribution in [3.05, 3.63) is 24.3 Å². The molecule has 2 saturated heterocycles. The van der Waals surface area contributed by atoms with Gasteiger partial charge in [-0.1, -0.05) is 160 Å². The number of carbonyl (C=O) groups excluding carboxylic acids is 1. The molecule has 0 saturated carbocycles. The maximum Gasteiger partial charge on any atom is 0.306 e. The summed E-state index contributed by atoms with van der Waals surface area (Å²) in [7, 11) is 0. The van der Waals surface area contributed by atoms with E-state index in [2.05, 4.69) is 38.2 Å². The number of aliphatic hydroxyl groups excluding tert-OH is 7. The van der Waals surface area contributed by atoms with Gasteiger partial charge in [-0.2, -0.15) is 0 Å². The molecular formula is C49H90O14. The van der Waals surface area contributed by atoms with Crippen LogP contribution in [0.3, 0.4) is 0 Å². The van der Waals surface area contributed by atoms with Crippen molar-refractivity contribution in [3.63, 3.8) is 0 Å². The molecule has 14 nitrogen and oxygen atoms in total. The van der Waals surface area contributed by atoms with Crippen molar-refractivity contribution in [2.75, 3.05) is 33.0 Å². The van der Waals surface area contributed by atoms with E-state index in [-0.39, 0.29) is 25.6 Å². The van der Waals surface area contributed by atoms with Crippen LogP contribution in [0.25, 0.3) is 0 Å². The zero-order valence-corrected chi connectivity index (χ0v) is 39.1. The minimum absolute atomic E-state index is 0.0577. The number of ether oxygens (including phenoxy) is 6. The van der Waals surface area contributed by atoms with Crippen LogP contribution in [0.15, 0.2) is 24.3 Å². The molecule has 63 heavy (non-hydrogen) atoms. The minimum atomic E-state index is -1.70. The van der Waals surface area contributed by atoms with Crippen LogP contribution >= 0.6 is 0 Å². The van der Waals surface area contributed by atoms with E-state index in [1.807, 2.05) is 0 Å². The van der Waals surface area contributed by atoms with Crippen molar-refractivity contribution in [3.8, 4) is 0 Å². The van der Waals surface area contributed by atoms with Gasteiger partial charge in [0.15, 0.2) is 12.6 Å². The fourth-order valence-corrected chi connectivity index (χ4v) is 7.85. The van der Waals surface area contributed by atoms with Crippen LogP contribution in [0.2, 0.25) is 0 Å². The van der Waals surface area contributed by atoms with Gasteiger partial charge >= 0.3 is 5.97 Å². The average Bonchev–Trinajstić information content (AvgIpc) is 3.28. The summed E-state index contributed by atoms with van der Waals surface area (Å²) in [6.07, 6.45) is 22.4. The molecule has 2 heterocycles. The first kappa shape index (κ1) is 57.6. The van der Waals surface area contributed by atoms with Crippen molar-refractivity contribution in [1.82, 2.24) is 0 Å². The SMILES string of the molecule is CCC/C=C\C/C=C\CCCCCCCCOCC(COC1OC(COC2OC(CO)C(O)C(O)C2O)C(O)C(O)C1O)OC(=O)CCCCCCCCCCCCCCCCC. The van der Waals surface area contributed by atoms with E-state index < -0.39 is 80.7 Å². The van der Waals surface area contributed by atoms with Gasteiger partial charge in [0.25, 0.3) is 0 Å². The molecular weight excluding hydrogens is 813 g/mol. The topological polar surface area (TPSA) is 214 Å². The number of esters is 1. The molecule has 0 bridgehead atoms. The standard InChI is InChI=1S/C49H90O14/c1-3-5-7-9-11-13-15-17-19-20-22-24-26-28-30-32-41(51)61-38(35-58-33-31-29-27-25-23-21-18-16-14-12-10-8-6-4-2)36-59-48-47(57)45(55)43(53)40(63-48)37-60-49-46(56)44(54)42(52)39(34-50)62-49/h8,10,14,16,38-40,42-50,52-57H,3-7,9,11-13,15,17-37H2,1-2H3/b10-8-,16-14-. The number of aliphatic hydroxyl groups is 7. The van der Waals surface area contributed by atoms with Crippen LogP contribution in [0.5, 0.6) is 0 Å². The van der Waals surface area contributed by atoms with Gasteiger partial charge in [0.2, 0.25) is 0 Å². The van der Waals surface area contributed by atoms with Gasteiger partial charge in [0.05, 0.1) is 26.4 Å². The van der Waals surface area contributed by atoms with E-state index >= 15 is 0 Å². The Morgan fingerprint density at radius 2 is 1.02 bits per heavy atom. The lowest BCUT2D eigenvalue weighted by Crippen LogP contribution is -2.61. The molecule has 0 amide bonds. The van der Waals surface area contributed by atoms with Crippen LogP contribution in [0, 0.1) is 0 Å². The highest BCUT2D eigenvalue weighted by Crippen LogP contribution is 2.26. The predicted octanol–water partition coefficient (Wildman–Crippen LogP) is 6.85. The Bertz CT molecular complexity index is 1140. The summed E-state index contributed by atoms with van der Waals surface area (Å²) in [4.78, 5) is 13.0. The molecule has 2 aliphatic rings. The predicted molar refractivity (Wildman–Crippen MR) is 243 cm³/mol. The molecule has 0 radical (unpaired) electrons. The first-order valence-corrected chi connectivity index (χ1v) is 24.9. The van der Waals surface area contributed by atoms with Crippen LogP contribution < -0.4 is 0 Å². The second-order valence-electron chi connectivity index (χ2n) is 17.6. The highest BCUT2D eigenvalue weighted by atomic mass is 16.7. The molecule has 0 spiro atoms. The Morgan fingerprint density at radius 3 is 1.59 bits per heavy atom. The van der Waals surface area contributed by atoms with Gasteiger partial charge in [-0.25, -0.2) is 0 Å². The van der Waals surface area contributed by atoms with Crippen molar-refractivity contribution in [2.45, 2.75) is 248 Å². The minimum Gasteiger partial charge on any atom is -0.457 e. The Morgan fingerprint density at radius 1 is 0.524 bits per heavy atom. The molecule has 0 aromatic rings. The maximum atomic E-state index is 13.0. The average molecular weight is 903 g/mol. The Balaban J connectivity index is 1.78. The largest absolute Gasteiger partial charge is 0.457 e. The highest BCUT2D eigenvalue weighted by molar-refractivity contribution is 5.69. The molecule has 2 fully saturated rings. The lowest BCUT2D eigenvalue weighted by Gasteiger charge is -2.42. The van der Waals surface area contributed by atoms with Crippen molar-refractivity contribution < 1.29 is 69.0 Å². The highest BCUT2D eigenvalue weighted by Gasteiger charge is 2.47. The first-order valence-electron chi connectivity index (χ1n) is 24.9. The second-order valence-corrected chi connectivity index (χ2v) is 17.6. The lowest BCUT2D eigenvalue weighted by molar-refractivity contribution is -0.332. The normalized spacial score (nSPS) is 27.1. The molecule has 14 heteroatoms. The van der Waals surface area contributed by atoms with Gasteiger partial charge in [0, 0.05) is 13.0 Å². The third kappa shape index (κ3) is 25.8. The smallest absolute Gasteiger partial charge is 0.306 e. The fourth-order valence-electron chi connectivity index (χ4n) is 7.85. The van der Waals surface area contributed by atoms with E-state index in [0.29, 0.717) is 13.0 Å². The number of unbranched alkanes of at least 4 members (excludes halogenated alkanes) is 21. The molecule has 2 rings (SSSR count). The van der Waals surface area contributed by atoms with Crippen molar-refractivity contribution in [2.24, 2.45) is 0 Å². The number of rotatable bonds is 39. The summed E-state index contributed by atoms with van der Waals surface area (Å²) >= 11 is 0. The molecule has 11 unspecified atom stereocenters. The zero-order valence-electron chi connectivity index (χ0n) is 39.1. The number of hydrogen-bond acceptors (Lipinski definition) is 14. The zero-order chi connectivity index (χ0) is 45.9. The maximum absolute atomic E-state index is 13.0. The van der Waals surface area contributed by atoms with E-state index in [9.17, 15) is 40.5 Å². The van der Waals surface area contributed by atoms with Gasteiger partial charge < -0.3 is 64.2 Å². The molecule has 2 aliphatic heterocycles. The summed E-state index contributed by atoms with van der Waals surface area (Å²) in [5.74, 6) is -0.379. The molecule has 7 N–H and O–H groups in total. The van der Waals surface area contributed by atoms with Gasteiger partial charge in [-0.3, -0.25) is 4.79 Å². The second kappa shape index (κ2) is 37.5. The molecule has 0 aromatic carbocycles. The fraction of sp³-hybridized carbons (Fsp3) is 0.898. The number of hydrogen-bond donors (Lipinski definition) is 7. The molecule has 11 atom stereocenters. The Labute approximate surface area is 379 Å². The van der Waals surface area contributed by atoms with Gasteiger partial charge in [-0.15, -0.1) is 0 Å². The molecule has 370 valence electrons. The lowest BCUT2D eigenvalue weighted by atomic mass is 9.98. The summed E-state index contributed by atoms with van der Waals surface area (Å²) < 4.78 is 34.2. The summed E-state index contributed by atoms with van der Waals surface area (Å²) in [6, 6.07) is 0. The third-order valence-electron chi connectivity index (χ3n) is 11.9. The Hall–Kier alpha value is -1.53. The van der Waals surface area contributed by atoms with Crippen molar-refractivity contribution in [1.29, 1.82) is 0 Å². The van der Waals surface area contributed by atoms with E-state index in [0.717, 1.165) is 64.2 Å². The first-order chi connectivity index (χ1) is 30.6. The van der Waals surface area contributed by atoms with E-state index in [4.69, 9.17) is 28.4 Å². The Kier molecular flexibility index (Phi) is 34.3. The summed E-state index contributed by atoms with van der Waals surface area (Å²) in [5, 5.41) is 72.0. The van der Waals surface area contributed by atoms with Gasteiger partial charge in [0.1, 0.15) is 54.9 Å². The number of allylic oxidation sites excluding steroid dienone is 4. The quantitative estimate of drug-likeness (QED) is 0.0191. The van der Waals surface area contributed by atoms with Gasteiger partial charge in [-0.05, 0) is 38.5 Å². The third-order valence-corrected chi connectivity index (χ3v) is 11.9. The van der Waals surface area contributed by atoms with Crippen LogP contribution in [0.1, 0.15) is 181 Å². The van der Waals surface area contributed by atoms with Crippen LogP contribution in [0.4, 0.5) is 0 Å². The number of carbonyl (C=O) groups is 1. The van der Waals surface area contributed by atoms with E-state index in [1.54, 1.807) is 0 Å².